The van der Waals surface area contributed by atoms with Gasteiger partial charge in [0.25, 0.3) is 0 Å². The van der Waals surface area contributed by atoms with Crippen molar-refractivity contribution in [2.45, 2.75) is 32.7 Å². The van der Waals surface area contributed by atoms with E-state index in [1.54, 1.807) is 0 Å². The lowest BCUT2D eigenvalue weighted by molar-refractivity contribution is 0.461. The van der Waals surface area contributed by atoms with E-state index in [0.717, 1.165) is 13.0 Å². The van der Waals surface area contributed by atoms with Crippen LogP contribution in [0.25, 0.3) is 0 Å². The van der Waals surface area contributed by atoms with Gasteiger partial charge >= 0.3 is 0 Å². The molecule has 0 radical (unpaired) electrons. The van der Waals surface area contributed by atoms with Crippen molar-refractivity contribution in [2.24, 2.45) is 0 Å². The topological polar surface area (TPSA) is 42.2 Å². The van der Waals surface area contributed by atoms with Crippen molar-refractivity contribution in [1.29, 1.82) is 0 Å². The molecule has 0 atom stereocenters. The maximum atomic E-state index is 5.50. The smallest absolute Gasteiger partial charge is 0.235 e. The minimum Gasteiger partial charge on any atom is -0.424 e. The molecule has 5 heteroatoms. The molecule has 0 spiro atoms. The summed E-state index contributed by atoms with van der Waals surface area (Å²) in [7, 11) is 0. The number of halogens is 1. The first-order valence-corrected chi connectivity index (χ1v) is 7.34. The molecule has 0 N–H and O–H groups in total. The molecule has 1 aromatic carbocycles. The molecule has 0 aliphatic carbocycles. The van der Waals surface area contributed by atoms with Crippen molar-refractivity contribution in [3.63, 3.8) is 0 Å². The van der Waals surface area contributed by atoms with Gasteiger partial charge in [-0.3, -0.25) is 0 Å². The highest BCUT2D eigenvalue weighted by Gasteiger charge is 2.19. The Balaban J connectivity index is 1.92. The highest BCUT2D eigenvalue weighted by Crippen LogP contribution is 2.32. The fourth-order valence-corrected chi connectivity index (χ4v) is 3.10. The van der Waals surface area contributed by atoms with Gasteiger partial charge in [0.2, 0.25) is 11.8 Å². The molecule has 0 amide bonds. The van der Waals surface area contributed by atoms with Gasteiger partial charge in [0.15, 0.2) is 0 Å². The first-order chi connectivity index (χ1) is 9.24. The van der Waals surface area contributed by atoms with Crippen LogP contribution in [0.2, 0.25) is 0 Å². The predicted molar refractivity (Wildman–Crippen MR) is 77.2 cm³/mol. The average molecular weight is 322 g/mol. The van der Waals surface area contributed by atoms with Gasteiger partial charge in [-0.25, -0.2) is 0 Å². The lowest BCUT2D eigenvalue weighted by Crippen LogP contribution is -2.23. The van der Waals surface area contributed by atoms with Gasteiger partial charge in [-0.1, -0.05) is 22.0 Å². The number of hydrogen-bond donors (Lipinski definition) is 0. The van der Waals surface area contributed by atoms with Crippen LogP contribution in [-0.2, 0) is 13.0 Å². The molecule has 100 valence electrons. The summed E-state index contributed by atoms with van der Waals surface area (Å²) >= 11 is 3.66. The van der Waals surface area contributed by atoms with E-state index in [0.29, 0.717) is 18.3 Å². The van der Waals surface area contributed by atoms with E-state index in [1.807, 2.05) is 6.92 Å². The zero-order valence-corrected chi connectivity index (χ0v) is 12.5. The van der Waals surface area contributed by atoms with Crippen molar-refractivity contribution in [3.05, 3.63) is 40.0 Å². The Morgan fingerprint density at radius 1 is 1.32 bits per heavy atom. The van der Waals surface area contributed by atoms with Crippen LogP contribution >= 0.6 is 15.9 Å². The van der Waals surface area contributed by atoms with Crippen LogP contribution in [0, 0.1) is 6.92 Å². The molecule has 4 nitrogen and oxygen atoms in total. The average Bonchev–Trinajstić information content (AvgIpc) is 2.68. The molecule has 0 saturated heterocycles. The standard InChI is InChI=1S/C14H16BrN3O/c1-10-16-17-14(19-10)9-18-8-3-2-5-11-12(15)6-4-7-13(11)18/h4,6-7H,2-3,5,8-9H2,1H3. The Labute approximate surface area is 121 Å². The van der Waals surface area contributed by atoms with E-state index in [9.17, 15) is 0 Å². The fourth-order valence-electron chi connectivity index (χ4n) is 2.54. The SMILES string of the molecule is Cc1nnc(CN2CCCCc3c(Br)cccc32)o1. The first-order valence-electron chi connectivity index (χ1n) is 6.55. The van der Waals surface area contributed by atoms with Crippen LogP contribution < -0.4 is 4.90 Å². The Morgan fingerprint density at radius 2 is 2.21 bits per heavy atom. The van der Waals surface area contributed by atoms with Gasteiger partial charge in [0.05, 0.1) is 6.54 Å². The predicted octanol–water partition coefficient (Wildman–Crippen LogP) is 3.48. The fraction of sp³-hybridized carbons (Fsp3) is 0.429. The Kier molecular flexibility index (Phi) is 3.55. The molecule has 1 aliphatic heterocycles. The van der Waals surface area contributed by atoms with Crippen molar-refractivity contribution in [2.75, 3.05) is 11.4 Å². The zero-order valence-electron chi connectivity index (χ0n) is 10.9. The van der Waals surface area contributed by atoms with E-state index in [4.69, 9.17) is 4.42 Å². The monoisotopic (exact) mass is 321 g/mol. The molecule has 0 saturated carbocycles. The van der Waals surface area contributed by atoms with Gasteiger partial charge in [-0.2, -0.15) is 0 Å². The van der Waals surface area contributed by atoms with Crippen LogP contribution in [0.1, 0.15) is 30.2 Å². The molecule has 1 aromatic heterocycles. The van der Waals surface area contributed by atoms with Crippen LogP contribution in [0.3, 0.4) is 0 Å². The third-order valence-corrected chi connectivity index (χ3v) is 4.18. The Morgan fingerprint density at radius 3 is 3.00 bits per heavy atom. The van der Waals surface area contributed by atoms with Crippen LogP contribution in [0.15, 0.2) is 27.1 Å². The van der Waals surface area contributed by atoms with Gasteiger partial charge in [0, 0.05) is 23.6 Å². The molecule has 19 heavy (non-hydrogen) atoms. The lowest BCUT2D eigenvalue weighted by atomic mass is 10.1. The van der Waals surface area contributed by atoms with Crippen LogP contribution in [0.4, 0.5) is 5.69 Å². The maximum Gasteiger partial charge on any atom is 0.235 e. The van der Waals surface area contributed by atoms with Crippen LogP contribution in [0.5, 0.6) is 0 Å². The summed E-state index contributed by atoms with van der Waals surface area (Å²) in [5.41, 5.74) is 2.67. The zero-order chi connectivity index (χ0) is 13.2. The van der Waals surface area contributed by atoms with E-state index in [2.05, 4.69) is 49.2 Å². The van der Waals surface area contributed by atoms with E-state index in [-0.39, 0.29) is 0 Å². The molecule has 3 rings (SSSR count). The molecule has 0 unspecified atom stereocenters. The second-order valence-corrected chi connectivity index (χ2v) is 5.69. The number of nitrogens with zero attached hydrogens (tertiary/aromatic N) is 3. The summed E-state index contributed by atoms with van der Waals surface area (Å²) in [6, 6.07) is 6.37. The van der Waals surface area contributed by atoms with E-state index >= 15 is 0 Å². The quantitative estimate of drug-likeness (QED) is 0.849. The maximum absolute atomic E-state index is 5.50. The summed E-state index contributed by atoms with van der Waals surface area (Å²) < 4.78 is 6.69. The number of benzene rings is 1. The minimum atomic E-state index is 0.624. The second-order valence-electron chi connectivity index (χ2n) is 4.83. The highest BCUT2D eigenvalue weighted by atomic mass is 79.9. The van der Waals surface area contributed by atoms with Crippen molar-refractivity contribution in [3.8, 4) is 0 Å². The van der Waals surface area contributed by atoms with E-state index in [1.165, 1.54) is 28.6 Å². The highest BCUT2D eigenvalue weighted by molar-refractivity contribution is 9.10. The normalized spacial score (nSPS) is 15.2. The Bertz CT molecular complexity index is 582. The number of aryl methyl sites for hydroxylation is 1. The summed E-state index contributed by atoms with van der Waals surface area (Å²) in [6.07, 6.45) is 3.53. The van der Waals surface area contributed by atoms with Gasteiger partial charge in [-0.05, 0) is 37.0 Å². The molecular weight excluding hydrogens is 306 g/mol. The van der Waals surface area contributed by atoms with Crippen molar-refractivity contribution in [1.82, 2.24) is 10.2 Å². The third-order valence-electron chi connectivity index (χ3n) is 3.43. The number of fused-ring (bicyclic) bond motifs is 1. The largest absolute Gasteiger partial charge is 0.424 e. The third kappa shape index (κ3) is 2.66. The Hall–Kier alpha value is -1.36. The van der Waals surface area contributed by atoms with Gasteiger partial charge in [0.1, 0.15) is 0 Å². The van der Waals surface area contributed by atoms with E-state index < -0.39 is 0 Å². The number of hydrogen-bond acceptors (Lipinski definition) is 4. The first kappa shape index (κ1) is 12.7. The van der Waals surface area contributed by atoms with Gasteiger partial charge in [-0.15, -0.1) is 10.2 Å². The summed E-state index contributed by atoms with van der Waals surface area (Å²) in [4.78, 5) is 2.33. The molecular formula is C14H16BrN3O. The summed E-state index contributed by atoms with van der Waals surface area (Å²) in [6.45, 7) is 3.54. The number of rotatable bonds is 2. The van der Waals surface area contributed by atoms with Crippen LogP contribution in [-0.4, -0.2) is 16.7 Å². The summed E-state index contributed by atoms with van der Waals surface area (Å²) in [5, 5.41) is 7.99. The lowest BCUT2D eigenvalue weighted by Gasteiger charge is -2.23. The molecule has 0 fully saturated rings. The molecule has 0 bridgehead atoms. The summed E-state index contributed by atoms with van der Waals surface area (Å²) in [5.74, 6) is 1.31. The second kappa shape index (κ2) is 5.33. The minimum absolute atomic E-state index is 0.624. The van der Waals surface area contributed by atoms with Crippen molar-refractivity contribution >= 4 is 21.6 Å². The molecule has 1 aliphatic rings. The molecule has 2 heterocycles. The number of aromatic nitrogens is 2. The number of anilines is 1. The van der Waals surface area contributed by atoms with Crippen molar-refractivity contribution < 1.29 is 4.42 Å². The van der Waals surface area contributed by atoms with Gasteiger partial charge < -0.3 is 9.32 Å². The molecule has 2 aromatic rings.